The zero-order valence-electron chi connectivity index (χ0n) is 9.94. The van der Waals surface area contributed by atoms with Gasteiger partial charge >= 0.3 is 0 Å². The molecule has 4 nitrogen and oxygen atoms in total. The van der Waals surface area contributed by atoms with Crippen LogP contribution in [0.5, 0.6) is 0 Å². The minimum absolute atomic E-state index is 0.0260. The molecule has 1 aromatic rings. The van der Waals surface area contributed by atoms with Crippen LogP contribution >= 0.6 is 23.1 Å². The Hall–Kier alpha value is -0.590. The first-order chi connectivity index (χ1) is 8.22. The lowest BCUT2D eigenvalue weighted by molar-refractivity contribution is -0.120. The molecular weight excluding hydrogens is 256 g/mol. The molecule has 1 rings (SSSR count). The first-order valence-electron chi connectivity index (χ1n) is 5.58. The smallest absolute Gasteiger partial charge is 0.226 e. The lowest BCUT2D eigenvalue weighted by atomic mass is 10.3. The lowest BCUT2D eigenvalue weighted by Gasteiger charge is -2.03. The normalized spacial score (nSPS) is 10.5. The molecule has 0 aliphatic carbocycles. The molecule has 0 fully saturated rings. The van der Waals surface area contributed by atoms with E-state index >= 15 is 0 Å². The zero-order chi connectivity index (χ0) is 12.5. The molecule has 0 unspecified atom stereocenters. The van der Waals surface area contributed by atoms with Crippen LogP contribution in [0.1, 0.15) is 17.1 Å². The molecule has 0 radical (unpaired) electrons. The van der Waals surface area contributed by atoms with E-state index in [0.717, 1.165) is 28.6 Å². The number of aliphatic hydroxyl groups excluding tert-OH is 1. The van der Waals surface area contributed by atoms with E-state index in [9.17, 15) is 4.79 Å². The Morgan fingerprint density at radius 2 is 2.41 bits per heavy atom. The fourth-order valence-electron chi connectivity index (χ4n) is 1.25. The van der Waals surface area contributed by atoms with Crippen molar-refractivity contribution < 1.29 is 9.90 Å². The molecule has 96 valence electrons. The minimum Gasteiger partial charge on any atom is -0.396 e. The van der Waals surface area contributed by atoms with Crippen molar-refractivity contribution >= 4 is 29.0 Å². The van der Waals surface area contributed by atoms with Gasteiger partial charge in [-0.1, -0.05) is 0 Å². The maximum absolute atomic E-state index is 11.5. The lowest BCUT2D eigenvalue weighted by Crippen LogP contribution is -2.27. The number of aliphatic hydroxyl groups is 1. The molecule has 0 aliphatic rings. The molecule has 2 N–H and O–H groups in total. The number of nitrogens with one attached hydrogen (secondary N) is 1. The van der Waals surface area contributed by atoms with Crippen molar-refractivity contribution in [3.63, 3.8) is 0 Å². The predicted octanol–water partition coefficient (Wildman–Crippen LogP) is 1.23. The van der Waals surface area contributed by atoms with Crippen LogP contribution in [0.2, 0.25) is 0 Å². The number of thioether (sulfide) groups is 1. The van der Waals surface area contributed by atoms with Crippen molar-refractivity contribution in [2.75, 3.05) is 24.7 Å². The third kappa shape index (κ3) is 6.65. The fraction of sp³-hybridized carbons (Fsp3) is 0.636. The summed E-state index contributed by atoms with van der Waals surface area (Å²) in [4.78, 5) is 15.8. The Labute approximate surface area is 110 Å². The van der Waals surface area contributed by atoms with Gasteiger partial charge < -0.3 is 10.4 Å². The Morgan fingerprint density at radius 3 is 3.06 bits per heavy atom. The van der Waals surface area contributed by atoms with E-state index in [1.807, 2.05) is 12.3 Å². The van der Waals surface area contributed by atoms with Crippen LogP contribution in [0, 0.1) is 6.92 Å². The largest absolute Gasteiger partial charge is 0.396 e. The highest BCUT2D eigenvalue weighted by molar-refractivity contribution is 7.99. The van der Waals surface area contributed by atoms with Gasteiger partial charge in [0.25, 0.3) is 0 Å². The Morgan fingerprint density at radius 1 is 1.59 bits per heavy atom. The monoisotopic (exact) mass is 274 g/mol. The molecule has 0 spiro atoms. The van der Waals surface area contributed by atoms with Gasteiger partial charge in [-0.3, -0.25) is 4.79 Å². The van der Waals surface area contributed by atoms with Crippen LogP contribution in [0.25, 0.3) is 0 Å². The quantitative estimate of drug-likeness (QED) is 0.700. The topological polar surface area (TPSA) is 62.2 Å². The van der Waals surface area contributed by atoms with Crippen LogP contribution in [-0.2, 0) is 11.2 Å². The van der Waals surface area contributed by atoms with E-state index in [2.05, 4.69) is 10.3 Å². The third-order valence-electron chi connectivity index (χ3n) is 2.02. The van der Waals surface area contributed by atoms with Crippen LogP contribution in [0.3, 0.4) is 0 Å². The highest BCUT2D eigenvalue weighted by atomic mass is 32.2. The van der Waals surface area contributed by atoms with Gasteiger partial charge in [0, 0.05) is 24.3 Å². The summed E-state index contributed by atoms with van der Waals surface area (Å²) in [7, 11) is 0. The number of carbonyl (C=O) groups excluding carboxylic acids is 1. The van der Waals surface area contributed by atoms with Gasteiger partial charge in [0.1, 0.15) is 0 Å². The van der Waals surface area contributed by atoms with E-state index < -0.39 is 0 Å². The van der Waals surface area contributed by atoms with Crippen molar-refractivity contribution in [2.45, 2.75) is 19.8 Å². The molecule has 1 heterocycles. The highest BCUT2D eigenvalue weighted by Gasteiger charge is 2.05. The van der Waals surface area contributed by atoms with Gasteiger partial charge in [0.2, 0.25) is 5.91 Å². The average Bonchev–Trinajstić information content (AvgIpc) is 2.69. The molecule has 0 saturated carbocycles. The van der Waals surface area contributed by atoms with Crippen LogP contribution < -0.4 is 5.32 Å². The number of aryl methyl sites for hydroxylation is 1. The summed E-state index contributed by atoms with van der Waals surface area (Å²) in [6.45, 7) is 2.85. The SMILES string of the molecule is Cc1nc(CC(=O)NCCSCCCO)cs1. The molecule has 0 aliphatic heterocycles. The Balaban J connectivity index is 2.05. The maximum atomic E-state index is 11.5. The van der Waals surface area contributed by atoms with Gasteiger partial charge in [0.15, 0.2) is 0 Å². The van der Waals surface area contributed by atoms with Gasteiger partial charge in [-0.15, -0.1) is 11.3 Å². The van der Waals surface area contributed by atoms with E-state index in [1.165, 1.54) is 0 Å². The number of hydrogen-bond acceptors (Lipinski definition) is 5. The second-order valence-corrected chi connectivity index (χ2v) is 5.86. The van der Waals surface area contributed by atoms with Crippen LogP contribution in [0.4, 0.5) is 0 Å². The van der Waals surface area contributed by atoms with E-state index in [0.29, 0.717) is 13.0 Å². The zero-order valence-corrected chi connectivity index (χ0v) is 11.6. The number of aromatic nitrogens is 1. The van der Waals surface area contributed by atoms with Crippen molar-refractivity contribution in [1.29, 1.82) is 0 Å². The Kier molecular flexibility index (Phi) is 7.23. The minimum atomic E-state index is 0.0260. The second kappa shape index (κ2) is 8.49. The van der Waals surface area contributed by atoms with Crippen molar-refractivity contribution in [2.24, 2.45) is 0 Å². The molecule has 1 amide bonds. The fourth-order valence-corrected chi connectivity index (χ4v) is 2.64. The summed E-state index contributed by atoms with van der Waals surface area (Å²) in [5.41, 5.74) is 0.845. The molecule has 0 atom stereocenters. The van der Waals surface area contributed by atoms with Crippen molar-refractivity contribution in [1.82, 2.24) is 10.3 Å². The van der Waals surface area contributed by atoms with E-state index in [-0.39, 0.29) is 12.5 Å². The predicted molar refractivity (Wildman–Crippen MR) is 72.6 cm³/mol. The molecule has 6 heteroatoms. The standard InChI is InChI=1S/C11H18N2O2S2/c1-9-13-10(8-17-9)7-11(15)12-3-6-16-5-2-4-14/h8,14H,2-7H2,1H3,(H,12,15). The highest BCUT2D eigenvalue weighted by Crippen LogP contribution is 2.08. The number of amides is 1. The van der Waals surface area contributed by atoms with Crippen LogP contribution in [0.15, 0.2) is 5.38 Å². The van der Waals surface area contributed by atoms with Gasteiger partial charge in [-0.25, -0.2) is 4.98 Å². The van der Waals surface area contributed by atoms with Gasteiger partial charge in [-0.2, -0.15) is 11.8 Å². The molecule has 0 bridgehead atoms. The number of nitrogens with zero attached hydrogens (tertiary/aromatic N) is 1. The first-order valence-corrected chi connectivity index (χ1v) is 7.62. The van der Waals surface area contributed by atoms with Crippen molar-refractivity contribution in [3.8, 4) is 0 Å². The average molecular weight is 274 g/mol. The number of rotatable bonds is 8. The summed E-state index contributed by atoms with van der Waals surface area (Å²) in [6, 6.07) is 0. The molecule has 17 heavy (non-hydrogen) atoms. The summed E-state index contributed by atoms with van der Waals surface area (Å²) >= 11 is 3.31. The second-order valence-electron chi connectivity index (χ2n) is 3.57. The molecular formula is C11H18N2O2S2. The molecule has 0 saturated heterocycles. The summed E-state index contributed by atoms with van der Waals surface area (Å²) in [5, 5.41) is 14.4. The maximum Gasteiger partial charge on any atom is 0.226 e. The van der Waals surface area contributed by atoms with Gasteiger partial charge in [-0.05, 0) is 19.1 Å². The molecule has 0 aromatic carbocycles. The third-order valence-corrected chi connectivity index (χ3v) is 3.92. The molecule has 1 aromatic heterocycles. The van der Waals surface area contributed by atoms with Crippen LogP contribution in [-0.4, -0.2) is 40.7 Å². The van der Waals surface area contributed by atoms with Gasteiger partial charge in [0.05, 0.1) is 17.1 Å². The number of carbonyl (C=O) groups is 1. The van der Waals surface area contributed by atoms with E-state index in [4.69, 9.17) is 5.11 Å². The summed E-state index contributed by atoms with van der Waals surface area (Å²) < 4.78 is 0. The number of thiazole rings is 1. The van der Waals surface area contributed by atoms with Crippen molar-refractivity contribution in [3.05, 3.63) is 16.1 Å². The number of hydrogen-bond donors (Lipinski definition) is 2. The first kappa shape index (κ1) is 14.5. The summed E-state index contributed by atoms with van der Waals surface area (Å²) in [6.07, 6.45) is 1.18. The van der Waals surface area contributed by atoms with E-state index in [1.54, 1.807) is 23.1 Å². The Bertz CT molecular complexity index is 342. The summed E-state index contributed by atoms with van der Waals surface area (Å²) in [5.74, 6) is 1.86.